The quantitative estimate of drug-likeness (QED) is 0.435. The molecule has 1 aliphatic heterocycles. The Kier molecular flexibility index (Phi) is 6.01. The second-order valence-corrected chi connectivity index (χ2v) is 8.16. The number of hydrogen-bond donors (Lipinski definition) is 1. The van der Waals surface area contributed by atoms with Crippen LogP contribution in [0.4, 0.5) is 11.6 Å². The number of fused-ring (bicyclic) bond motifs is 1. The fourth-order valence-electron chi connectivity index (χ4n) is 4.42. The van der Waals surface area contributed by atoms with Crippen LogP contribution in [-0.4, -0.2) is 40.6 Å². The van der Waals surface area contributed by atoms with Crippen molar-refractivity contribution in [2.24, 2.45) is 10.9 Å². The second kappa shape index (κ2) is 9.42. The molecule has 8 nitrogen and oxygen atoms in total. The highest BCUT2D eigenvalue weighted by Crippen LogP contribution is 2.43. The van der Waals surface area contributed by atoms with Gasteiger partial charge in [-0.2, -0.15) is 4.98 Å². The SMILES string of the molecule is COc1cccc(C2C(C(=O)Nc3ccccc3)C(C)=Nc3nc(-c4ccccc4)nn32)c1OC. The van der Waals surface area contributed by atoms with Gasteiger partial charge in [-0.25, -0.2) is 9.67 Å². The van der Waals surface area contributed by atoms with Crippen LogP contribution in [0.1, 0.15) is 18.5 Å². The molecular formula is C27H25N5O3. The van der Waals surface area contributed by atoms with E-state index in [1.807, 2.05) is 85.8 Å². The van der Waals surface area contributed by atoms with E-state index in [0.29, 0.717) is 34.7 Å². The highest BCUT2D eigenvalue weighted by atomic mass is 16.5. The van der Waals surface area contributed by atoms with Crippen molar-refractivity contribution < 1.29 is 14.3 Å². The zero-order valence-corrected chi connectivity index (χ0v) is 19.7. The summed E-state index contributed by atoms with van der Waals surface area (Å²) in [6.07, 6.45) is 0. The summed E-state index contributed by atoms with van der Waals surface area (Å²) in [4.78, 5) is 23.0. The molecule has 0 aliphatic carbocycles. The van der Waals surface area contributed by atoms with Crippen molar-refractivity contribution in [1.29, 1.82) is 0 Å². The number of methoxy groups -OCH3 is 2. The molecule has 2 atom stereocenters. The topological polar surface area (TPSA) is 90.6 Å². The van der Waals surface area contributed by atoms with Crippen molar-refractivity contribution in [2.75, 3.05) is 19.5 Å². The van der Waals surface area contributed by atoms with Crippen LogP contribution < -0.4 is 14.8 Å². The van der Waals surface area contributed by atoms with Gasteiger partial charge in [0.2, 0.25) is 11.9 Å². The number of aromatic nitrogens is 3. The average Bonchev–Trinajstić information content (AvgIpc) is 3.32. The van der Waals surface area contributed by atoms with E-state index >= 15 is 0 Å². The summed E-state index contributed by atoms with van der Waals surface area (Å²) < 4.78 is 13.0. The molecule has 1 aliphatic rings. The number of amides is 1. The zero-order chi connectivity index (χ0) is 24.4. The molecule has 0 radical (unpaired) electrons. The maximum Gasteiger partial charge on any atom is 0.248 e. The highest BCUT2D eigenvalue weighted by Gasteiger charge is 2.41. The van der Waals surface area contributed by atoms with Crippen LogP contribution >= 0.6 is 0 Å². The monoisotopic (exact) mass is 467 g/mol. The van der Waals surface area contributed by atoms with E-state index in [9.17, 15) is 4.79 Å². The number of aliphatic imine (C=N–C) groups is 1. The summed E-state index contributed by atoms with van der Waals surface area (Å²) >= 11 is 0. The molecular weight excluding hydrogens is 442 g/mol. The van der Waals surface area contributed by atoms with Gasteiger partial charge in [0, 0.05) is 22.5 Å². The first-order valence-electron chi connectivity index (χ1n) is 11.2. The Morgan fingerprint density at radius 3 is 2.31 bits per heavy atom. The smallest absolute Gasteiger partial charge is 0.248 e. The summed E-state index contributed by atoms with van der Waals surface area (Å²) in [5.41, 5.74) is 2.95. The number of hydrogen-bond acceptors (Lipinski definition) is 6. The van der Waals surface area contributed by atoms with Crippen molar-refractivity contribution in [3.63, 3.8) is 0 Å². The highest BCUT2D eigenvalue weighted by molar-refractivity contribution is 6.10. The molecule has 2 heterocycles. The molecule has 2 unspecified atom stereocenters. The van der Waals surface area contributed by atoms with Crippen LogP contribution in [0.2, 0.25) is 0 Å². The summed E-state index contributed by atoms with van der Waals surface area (Å²) in [5.74, 6) is 1.21. The molecule has 1 aromatic heterocycles. The maximum atomic E-state index is 13.7. The third kappa shape index (κ3) is 4.14. The first kappa shape index (κ1) is 22.3. The van der Waals surface area contributed by atoms with Crippen molar-refractivity contribution >= 4 is 23.3 Å². The number of anilines is 1. The van der Waals surface area contributed by atoms with Crippen molar-refractivity contribution in [2.45, 2.75) is 13.0 Å². The van der Waals surface area contributed by atoms with Gasteiger partial charge in [0.25, 0.3) is 0 Å². The molecule has 35 heavy (non-hydrogen) atoms. The minimum atomic E-state index is -0.658. The lowest BCUT2D eigenvalue weighted by Gasteiger charge is -2.31. The summed E-state index contributed by atoms with van der Waals surface area (Å²) in [6.45, 7) is 1.84. The molecule has 5 rings (SSSR count). The Morgan fingerprint density at radius 1 is 0.914 bits per heavy atom. The largest absolute Gasteiger partial charge is 0.493 e. The van der Waals surface area contributed by atoms with E-state index in [1.54, 1.807) is 18.9 Å². The lowest BCUT2D eigenvalue weighted by atomic mass is 9.87. The third-order valence-electron chi connectivity index (χ3n) is 6.03. The van der Waals surface area contributed by atoms with Crippen molar-refractivity contribution in [1.82, 2.24) is 14.8 Å². The van der Waals surface area contributed by atoms with Gasteiger partial charge in [0.1, 0.15) is 12.0 Å². The maximum absolute atomic E-state index is 13.7. The predicted octanol–water partition coefficient (Wildman–Crippen LogP) is 4.91. The fourth-order valence-corrected chi connectivity index (χ4v) is 4.42. The van der Waals surface area contributed by atoms with E-state index < -0.39 is 12.0 Å². The van der Waals surface area contributed by atoms with Gasteiger partial charge < -0.3 is 14.8 Å². The van der Waals surface area contributed by atoms with Crippen LogP contribution in [-0.2, 0) is 4.79 Å². The Balaban J connectivity index is 1.67. The molecule has 1 amide bonds. The average molecular weight is 468 g/mol. The molecule has 176 valence electrons. The zero-order valence-electron chi connectivity index (χ0n) is 19.7. The summed E-state index contributed by atoms with van der Waals surface area (Å²) in [6, 6.07) is 24.1. The second-order valence-electron chi connectivity index (χ2n) is 8.16. The van der Waals surface area contributed by atoms with Crippen molar-refractivity contribution in [3.05, 3.63) is 84.4 Å². The van der Waals surface area contributed by atoms with E-state index in [4.69, 9.17) is 14.6 Å². The van der Waals surface area contributed by atoms with Crippen LogP contribution in [0, 0.1) is 5.92 Å². The molecule has 0 saturated heterocycles. The molecule has 0 spiro atoms. The van der Waals surface area contributed by atoms with Crippen molar-refractivity contribution in [3.8, 4) is 22.9 Å². The van der Waals surface area contributed by atoms with Crippen LogP contribution in [0.15, 0.2) is 83.9 Å². The number of ether oxygens (including phenoxy) is 2. The number of nitrogens with zero attached hydrogens (tertiary/aromatic N) is 4. The van der Waals surface area contributed by atoms with Crippen LogP contribution in [0.3, 0.4) is 0 Å². The Hall–Kier alpha value is -4.46. The first-order valence-corrected chi connectivity index (χ1v) is 11.2. The molecule has 1 N–H and O–H groups in total. The normalized spacial score (nSPS) is 16.7. The lowest BCUT2D eigenvalue weighted by molar-refractivity contribution is -0.118. The van der Waals surface area contributed by atoms with Gasteiger partial charge >= 0.3 is 0 Å². The summed E-state index contributed by atoms with van der Waals surface area (Å²) in [5, 5.41) is 7.83. The lowest BCUT2D eigenvalue weighted by Crippen LogP contribution is -2.39. The Morgan fingerprint density at radius 2 is 1.63 bits per heavy atom. The first-order chi connectivity index (χ1) is 17.1. The van der Waals surface area contributed by atoms with Gasteiger partial charge in [0.15, 0.2) is 17.3 Å². The molecule has 4 aromatic rings. The number of carbonyl (C=O) groups excluding carboxylic acids is 1. The minimum Gasteiger partial charge on any atom is -0.493 e. The van der Waals surface area contributed by atoms with Crippen LogP contribution in [0.25, 0.3) is 11.4 Å². The molecule has 0 saturated carbocycles. The molecule has 8 heteroatoms. The van der Waals surface area contributed by atoms with E-state index in [1.165, 1.54) is 0 Å². The standard InChI is InChI=1S/C27H25N5O3/c1-17-22(26(33)29-19-13-8-5-9-14-19)23(20-15-10-16-21(34-2)24(20)35-3)32-27(28-17)30-25(31-32)18-11-6-4-7-12-18/h4-16,22-23H,1-3H3,(H,29,33). The molecule has 3 aromatic carbocycles. The third-order valence-corrected chi connectivity index (χ3v) is 6.03. The van der Waals surface area contributed by atoms with Gasteiger partial charge in [0.05, 0.1) is 14.2 Å². The fraction of sp³-hybridized carbons (Fsp3) is 0.185. The van der Waals surface area contributed by atoms with E-state index in [-0.39, 0.29) is 5.91 Å². The van der Waals surface area contributed by atoms with Gasteiger partial charge in [-0.05, 0) is 25.1 Å². The Bertz CT molecular complexity index is 1380. The van der Waals surface area contributed by atoms with E-state index in [0.717, 1.165) is 11.1 Å². The molecule has 0 bridgehead atoms. The van der Waals surface area contributed by atoms with Gasteiger partial charge in [-0.15, -0.1) is 5.10 Å². The number of carbonyl (C=O) groups is 1. The number of rotatable bonds is 6. The predicted molar refractivity (Wildman–Crippen MR) is 134 cm³/mol. The van der Waals surface area contributed by atoms with E-state index in [2.05, 4.69) is 15.3 Å². The summed E-state index contributed by atoms with van der Waals surface area (Å²) in [7, 11) is 3.17. The number of nitrogens with one attached hydrogen (secondary N) is 1. The number of benzene rings is 3. The van der Waals surface area contributed by atoms with Crippen LogP contribution in [0.5, 0.6) is 11.5 Å². The van der Waals surface area contributed by atoms with Gasteiger partial charge in [-0.3, -0.25) is 4.79 Å². The molecule has 0 fully saturated rings. The van der Waals surface area contributed by atoms with Gasteiger partial charge in [-0.1, -0.05) is 60.7 Å². The number of para-hydroxylation sites is 2. The minimum absolute atomic E-state index is 0.199. The Labute approximate surface area is 203 Å².